The average Bonchev–Trinajstić information content (AvgIpc) is 2.43. The second-order valence-corrected chi connectivity index (χ2v) is 3.67. The van der Waals surface area contributed by atoms with E-state index in [4.69, 9.17) is 27.0 Å². The fourth-order valence-electron chi connectivity index (χ4n) is 1.46. The summed E-state index contributed by atoms with van der Waals surface area (Å²) in [6.45, 7) is 1.56. The monoisotopic (exact) mass is 229 g/mol. The summed E-state index contributed by atoms with van der Waals surface area (Å²) < 4.78 is 11.0. The lowest BCUT2D eigenvalue weighted by atomic mass is 10.2. The Hall–Kier alpha value is -0.970. The predicted molar refractivity (Wildman–Crippen MR) is 56.0 cm³/mol. The van der Waals surface area contributed by atoms with Gasteiger partial charge in [0, 0.05) is 6.42 Å². The van der Waals surface area contributed by atoms with Crippen molar-refractivity contribution >= 4 is 11.6 Å². The lowest BCUT2D eigenvalue weighted by molar-refractivity contribution is 0.124. The quantitative estimate of drug-likeness (QED) is 0.787. The van der Waals surface area contributed by atoms with Crippen LogP contribution in [0.1, 0.15) is 12.0 Å². The van der Waals surface area contributed by atoms with Crippen LogP contribution in [-0.2, 0) is 11.4 Å². The van der Waals surface area contributed by atoms with Crippen molar-refractivity contribution in [3.05, 3.63) is 22.7 Å². The molecule has 0 bridgehead atoms. The van der Waals surface area contributed by atoms with Gasteiger partial charge in [-0.25, -0.2) is 5.90 Å². The van der Waals surface area contributed by atoms with Gasteiger partial charge < -0.3 is 9.47 Å². The minimum Gasteiger partial charge on any atom is -0.489 e. The number of halogens is 1. The second-order valence-electron chi connectivity index (χ2n) is 3.27. The van der Waals surface area contributed by atoms with E-state index in [1.54, 1.807) is 6.07 Å². The van der Waals surface area contributed by atoms with Gasteiger partial charge in [0.2, 0.25) is 0 Å². The molecule has 15 heavy (non-hydrogen) atoms. The first-order chi connectivity index (χ1) is 7.31. The summed E-state index contributed by atoms with van der Waals surface area (Å²) in [4.78, 5) is 4.55. The van der Waals surface area contributed by atoms with E-state index in [9.17, 15) is 0 Å². The highest BCUT2D eigenvalue weighted by molar-refractivity contribution is 6.32. The fourth-order valence-corrected chi connectivity index (χ4v) is 1.75. The molecule has 0 unspecified atom stereocenters. The van der Waals surface area contributed by atoms with Crippen LogP contribution in [0.2, 0.25) is 5.02 Å². The Labute approximate surface area is 92.8 Å². The number of fused-ring (bicyclic) bond motifs is 1. The molecule has 1 aromatic carbocycles. The van der Waals surface area contributed by atoms with Crippen LogP contribution in [0.15, 0.2) is 12.1 Å². The number of benzene rings is 1. The van der Waals surface area contributed by atoms with Crippen LogP contribution in [-0.4, -0.2) is 13.2 Å². The molecule has 4 nitrogen and oxygen atoms in total. The molecule has 2 rings (SSSR count). The largest absolute Gasteiger partial charge is 0.489 e. The molecule has 0 saturated carbocycles. The van der Waals surface area contributed by atoms with E-state index in [1.807, 2.05) is 6.07 Å². The molecule has 82 valence electrons. The Bertz CT molecular complexity index is 357. The molecular formula is C10H12ClNO3. The maximum absolute atomic E-state index is 6.05. The molecule has 0 aliphatic carbocycles. The van der Waals surface area contributed by atoms with Gasteiger partial charge in [-0.2, -0.15) is 0 Å². The summed E-state index contributed by atoms with van der Waals surface area (Å²) in [5.74, 6) is 6.27. The van der Waals surface area contributed by atoms with Crippen molar-refractivity contribution in [2.45, 2.75) is 13.0 Å². The van der Waals surface area contributed by atoms with Crippen molar-refractivity contribution in [3.8, 4) is 11.5 Å². The van der Waals surface area contributed by atoms with E-state index in [2.05, 4.69) is 4.84 Å². The van der Waals surface area contributed by atoms with Crippen molar-refractivity contribution in [3.63, 3.8) is 0 Å². The van der Waals surface area contributed by atoms with Crippen LogP contribution < -0.4 is 15.4 Å². The summed E-state index contributed by atoms with van der Waals surface area (Å²) in [6, 6.07) is 3.60. The molecule has 1 aliphatic rings. The molecule has 0 aromatic heterocycles. The van der Waals surface area contributed by atoms with Gasteiger partial charge in [0.05, 0.1) is 24.8 Å². The van der Waals surface area contributed by atoms with Crippen LogP contribution in [0.3, 0.4) is 0 Å². The SMILES string of the molecule is NOCc1cc(Cl)c2c(c1)OCCCO2. The van der Waals surface area contributed by atoms with Gasteiger partial charge in [-0.15, -0.1) is 0 Å². The summed E-state index contributed by atoms with van der Waals surface area (Å²) in [6.07, 6.45) is 0.855. The van der Waals surface area contributed by atoms with Gasteiger partial charge in [-0.3, -0.25) is 4.84 Å². The Kier molecular flexibility index (Phi) is 3.30. The highest BCUT2D eigenvalue weighted by atomic mass is 35.5. The third-order valence-corrected chi connectivity index (χ3v) is 2.39. The molecule has 0 radical (unpaired) electrons. The number of ether oxygens (including phenoxy) is 2. The molecule has 5 heteroatoms. The summed E-state index contributed by atoms with van der Waals surface area (Å²) >= 11 is 6.05. The number of hydrogen-bond donors (Lipinski definition) is 1. The van der Waals surface area contributed by atoms with Crippen LogP contribution in [0, 0.1) is 0 Å². The summed E-state index contributed by atoms with van der Waals surface area (Å²) in [5.41, 5.74) is 0.867. The third kappa shape index (κ3) is 2.34. The van der Waals surface area contributed by atoms with Crippen molar-refractivity contribution < 1.29 is 14.3 Å². The standard InChI is InChI=1S/C10H12ClNO3/c11-8-4-7(6-15-12)5-9-10(8)14-3-1-2-13-9/h4-5H,1-3,6,12H2. The van der Waals surface area contributed by atoms with Gasteiger partial charge in [0.15, 0.2) is 11.5 Å². The van der Waals surface area contributed by atoms with E-state index in [-0.39, 0.29) is 0 Å². The highest BCUT2D eigenvalue weighted by Crippen LogP contribution is 2.37. The first-order valence-corrected chi connectivity index (χ1v) is 5.09. The van der Waals surface area contributed by atoms with E-state index in [0.717, 1.165) is 12.0 Å². The van der Waals surface area contributed by atoms with Crippen molar-refractivity contribution in [1.82, 2.24) is 0 Å². The van der Waals surface area contributed by atoms with Crippen molar-refractivity contribution in [2.75, 3.05) is 13.2 Å². The zero-order valence-electron chi connectivity index (χ0n) is 8.16. The van der Waals surface area contributed by atoms with Gasteiger partial charge in [0.1, 0.15) is 0 Å². The number of hydrogen-bond acceptors (Lipinski definition) is 4. The average molecular weight is 230 g/mol. The lowest BCUT2D eigenvalue weighted by Gasteiger charge is -2.10. The van der Waals surface area contributed by atoms with E-state index in [1.165, 1.54) is 0 Å². The Morgan fingerprint density at radius 3 is 2.93 bits per heavy atom. The van der Waals surface area contributed by atoms with Crippen molar-refractivity contribution in [1.29, 1.82) is 0 Å². The first kappa shape index (κ1) is 10.5. The second kappa shape index (κ2) is 4.70. The molecule has 0 amide bonds. The molecule has 2 N–H and O–H groups in total. The van der Waals surface area contributed by atoms with Gasteiger partial charge in [-0.05, 0) is 17.7 Å². The predicted octanol–water partition coefficient (Wildman–Crippen LogP) is 1.89. The Balaban J connectivity index is 2.35. The maximum Gasteiger partial charge on any atom is 0.179 e. The summed E-state index contributed by atoms with van der Waals surface area (Å²) in [7, 11) is 0. The zero-order chi connectivity index (χ0) is 10.7. The molecule has 1 aliphatic heterocycles. The number of rotatable bonds is 2. The van der Waals surface area contributed by atoms with Gasteiger partial charge in [-0.1, -0.05) is 11.6 Å². The van der Waals surface area contributed by atoms with Crippen LogP contribution >= 0.6 is 11.6 Å². The van der Waals surface area contributed by atoms with Crippen LogP contribution in [0.4, 0.5) is 0 Å². The maximum atomic E-state index is 6.05. The van der Waals surface area contributed by atoms with Crippen LogP contribution in [0.25, 0.3) is 0 Å². The minimum absolute atomic E-state index is 0.302. The minimum atomic E-state index is 0.302. The molecule has 1 heterocycles. The molecular weight excluding hydrogens is 218 g/mol. The van der Waals surface area contributed by atoms with Gasteiger partial charge >= 0.3 is 0 Å². The molecule has 0 fully saturated rings. The fraction of sp³-hybridized carbons (Fsp3) is 0.400. The Morgan fingerprint density at radius 2 is 2.13 bits per heavy atom. The topological polar surface area (TPSA) is 53.7 Å². The van der Waals surface area contributed by atoms with E-state index in [0.29, 0.717) is 36.3 Å². The molecule has 0 spiro atoms. The molecule has 1 aromatic rings. The van der Waals surface area contributed by atoms with Crippen LogP contribution in [0.5, 0.6) is 11.5 Å². The molecule has 0 saturated heterocycles. The highest BCUT2D eigenvalue weighted by Gasteiger charge is 2.15. The van der Waals surface area contributed by atoms with Gasteiger partial charge in [0.25, 0.3) is 0 Å². The third-order valence-electron chi connectivity index (χ3n) is 2.11. The summed E-state index contributed by atoms with van der Waals surface area (Å²) in [5, 5.41) is 0.529. The number of nitrogens with two attached hydrogens (primary N) is 1. The zero-order valence-corrected chi connectivity index (χ0v) is 8.92. The van der Waals surface area contributed by atoms with Crippen molar-refractivity contribution in [2.24, 2.45) is 5.90 Å². The molecule has 0 atom stereocenters. The van der Waals surface area contributed by atoms with E-state index < -0.39 is 0 Å². The smallest absolute Gasteiger partial charge is 0.179 e. The normalized spacial score (nSPS) is 14.8. The van der Waals surface area contributed by atoms with E-state index >= 15 is 0 Å². The first-order valence-electron chi connectivity index (χ1n) is 4.71. The lowest BCUT2D eigenvalue weighted by Crippen LogP contribution is -2.00. The Morgan fingerprint density at radius 1 is 1.33 bits per heavy atom.